The lowest BCUT2D eigenvalue weighted by molar-refractivity contribution is -0.137. The van der Waals surface area contributed by atoms with E-state index in [-0.39, 0.29) is 6.04 Å². The Kier molecular flexibility index (Phi) is 4.49. The highest BCUT2D eigenvalue weighted by Gasteiger charge is 2.29. The topological polar surface area (TPSA) is 42.2 Å². The second-order valence-corrected chi connectivity index (χ2v) is 6.37. The van der Waals surface area contributed by atoms with Crippen molar-refractivity contribution in [3.05, 3.63) is 58.3 Å². The molecule has 0 saturated heterocycles. The van der Waals surface area contributed by atoms with Crippen molar-refractivity contribution in [2.24, 2.45) is 0 Å². The number of fused-ring (bicyclic) bond motifs is 1. The van der Waals surface area contributed by atoms with Crippen molar-refractivity contribution in [2.45, 2.75) is 25.6 Å². The number of nitrogens with one attached hydrogen (secondary N) is 1. The van der Waals surface area contributed by atoms with E-state index >= 15 is 0 Å². The largest absolute Gasteiger partial charge is 0.416 e. The van der Waals surface area contributed by atoms with E-state index in [9.17, 15) is 13.2 Å². The molecule has 1 N–H and O–H groups in total. The van der Waals surface area contributed by atoms with E-state index in [1.807, 2.05) is 6.92 Å². The van der Waals surface area contributed by atoms with Gasteiger partial charge in [-0.3, -0.25) is 0 Å². The van der Waals surface area contributed by atoms with E-state index in [0.29, 0.717) is 17.9 Å². The van der Waals surface area contributed by atoms with Crippen LogP contribution in [-0.4, -0.2) is 20.6 Å². The Morgan fingerprint density at radius 3 is 2.58 bits per heavy atom. The second kappa shape index (κ2) is 6.43. The van der Waals surface area contributed by atoms with Gasteiger partial charge in [-0.15, -0.1) is 0 Å². The normalized spacial score (nSPS) is 13.2. The summed E-state index contributed by atoms with van der Waals surface area (Å²) in [5.41, 5.74) is 0.890. The fourth-order valence-electron chi connectivity index (χ4n) is 2.41. The van der Waals surface area contributed by atoms with Gasteiger partial charge in [0.25, 0.3) is 0 Å². The number of rotatable bonds is 4. The minimum Gasteiger partial charge on any atom is -0.367 e. The lowest BCUT2D eigenvalue weighted by Gasteiger charge is -2.15. The van der Waals surface area contributed by atoms with E-state index in [4.69, 9.17) is 0 Å². The summed E-state index contributed by atoms with van der Waals surface area (Å²) in [6, 6.07) is 7.04. The lowest BCUT2D eigenvalue weighted by Crippen LogP contribution is -2.19. The molecule has 0 spiro atoms. The number of alkyl halides is 3. The van der Waals surface area contributed by atoms with Gasteiger partial charge in [-0.1, -0.05) is 12.1 Å². The molecule has 0 aliphatic carbocycles. The van der Waals surface area contributed by atoms with Crippen molar-refractivity contribution in [1.29, 1.82) is 0 Å². The zero-order valence-corrected chi connectivity index (χ0v) is 14.3. The van der Waals surface area contributed by atoms with Crippen LogP contribution in [0.15, 0.2) is 47.2 Å². The molecule has 0 aliphatic rings. The molecule has 8 heteroatoms. The molecule has 2 aromatic heterocycles. The number of hydrogen-bond donors (Lipinski definition) is 1. The smallest absolute Gasteiger partial charge is 0.367 e. The minimum atomic E-state index is -4.31. The molecule has 0 amide bonds. The molecule has 24 heavy (non-hydrogen) atoms. The Labute approximate surface area is 144 Å². The quantitative estimate of drug-likeness (QED) is 0.700. The van der Waals surface area contributed by atoms with Gasteiger partial charge in [-0.2, -0.15) is 18.3 Å². The summed E-state index contributed by atoms with van der Waals surface area (Å²) in [5, 5.41) is 7.37. The average molecular weight is 399 g/mol. The maximum Gasteiger partial charge on any atom is 0.416 e. The van der Waals surface area contributed by atoms with Crippen LogP contribution in [-0.2, 0) is 12.6 Å². The van der Waals surface area contributed by atoms with E-state index in [1.165, 1.54) is 12.1 Å². The van der Waals surface area contributed by atoms with Gasteiger partial charge in [-0.25, -0.2) is 9.50 Å². The van der Waals surface area contributed by atoms with Crippen molar-refractivity contribution in [1.82, 2.24) is 14.6 Å². The van der Waals surface area contributed by atoms with E-state index in [0.717, 1.165) is 22.2 Å². The van der Waals surface area contributed by atoms with Crippen molar-refractivity contribution < 1.29 is 13.2 Å². The van der Waals surface area contributed by atoms with Crippen molar-refractivity contribution in [3.63, 3.8) is 0 Å². The van der Waals surface area contributed by atoms with Crippen LogP contribution in [0.5, 0.6) is 0 Å². The first-order chi connectivity index (χ1) is 11.3. The molecule has 0 aliphatic heterocycles. The van der Waals surface area contributed by atoms with E-state index in [1.54, 1.807) is 23.0 Å². The number of benzene rings is 1. The van der Waals surface area contributed by atoms with Gasteiger partial charge in [0.2, 0.25) is 0 Å². The Morgan fingerprint density at radius 2 is 1.92 bits per heavy atom. The van der Waals surface area contributed by atoms with Crippen LogP contribution in [0, 0.1) is 0 Å². The predicted molar refractivity (Wildman–Crippen MR) is 88.9 cm³/mol. The highest BCUT2D eigenvalue weighted by molar-refractivity contribution is 9.10. The molecule has 126 valence electrons. The van der Waals surface area contributed by atoms with Crippen molar-refractivity contribution in [2.75, 3.05) is 5.32 Å². The number of nitrogens with zero attached hydrogens (tertiary/aromatic N) is 3. The lowest BCUT2D eigenvalue weighted by atomic mass is 10.0. The van der Waals surface area contributed by atoms with Gasteiger partial charge in [0.05, 0.1) is 16.2 Å². The molecule has 0 bridgehead atoms. The van der Waals surface area contributed by atoms with E-state index in [2.05, 4.69) is 31.3 Å². The zero-order valence-electron chi connectivity index (χ0n) is 12.7. The van der Waals surface area contributed by atoms with Crippen LogP contribution in [0.1, 0.15) is 18.1 Å². The predicted octanol–water partition coefficient (Wildman–Crippen LogP) is 4.55. The molecular formula is C16H14BrF3N4. The monoisotopic (exact) mass is 398 g/mol. The Bertz CT molecular complexity index is 843. The van der Waals surface area contributed by atoms with Crippen LogP contribution in [0.4, 0.5) is 19.0 Å². The first-order valence-electron chi connectivity index (χ1n) is 7.25. The summed E-state index contributed by atoms with van der Waals surface area (Å²) in [5.74, 6) is 0.683. The van der Waals surface area contributed by atoms with Crippen molar-refractivity contribution >= 4 is 27.4 Å². The third-order valence-electron chi connectivity index (χ3n) is 3.54. The molecule has 1 atom stereocenters. The maximum absolute atomic E-state index is 12.6. The summed E-state index contributed by atoms with van der Waals surface area (Å²) >= 11 is 3.38. The third-order valence-corrected chi connectivity index (χ3v) is 4.10. The molecule has 1 aromatic carbocycles. The second-order valence-electron chi connectivity index (χ2n) is 5.52. The summed E-state index contributed by atoms with van der Waals surface area (Å²) < 4.78 is 40.2. The highest BCUT2D eigenvalue weighted by atomic mass is 79.9. The van der Waals surface area contributed by atoms with Gasteiger partial charge < -0.3 is 5.32 Å². The minimum absolute atomic E-state index is 0.0124. The molecule has 0 radical (unpaired) electrons. The number of aromatic nitrogens is 3. The number of halogens is 4. The zero-order chi connectivity index (χ0) is 17.3. The van der Waals surface area contributed by atoms with Gasteiger partial charge in [0.15, 0.2) is 5.65 Å². The van der Waals surface area contributed by atoms with Crippen LogP contribution in [0.3, 0.4) is 0 Å². The standard InChI is InChI=1S/C16H14BrF3N4/c1-10(8-11-2-4-12(5-3-11)16(18,19)20)22-14-6-7-24-15(23-14)13(17)9-21-24/h2-7,9-10H,8H2,1H3,(H,22,23). The number of hydrogen-bond acceptors (Lipinski definition) is 3. The first kappa shape index (κ1) is 16.8. The molecule has 0 fully saturated rings. The van der Waals surface area contributed by atoms with Crippen LogP contribution < -0.4 is 5.32 Å². The molecule has 4 nitrogen and oxygen atoms in total. The SMILES string of the molecule is CC(Cc1ccc(C(F)(F)F)cc1)Nc1ccn2ncc(Br)c2n1. The van der Waals surface area contributed by atoms with Crippen LogP contribution in [0.25, 0.3) is 5.65 Å². The fraction of sp³-hybridized carbons (Fsp3) is 0.250. The summed E-state index contributed by atoms with van der Waals surface area (Å²) in [4.78, 5) is 4.46. The van der Waals surface area contributed by atoms with Gasteiger partial charge in [0.1, 0.15) is 5.82 Å². The Hall–Kier alpha value is -2.09. The molecule has 0 saturated carbocycles. The average Bonchev–Trinajstić information content (AvgIpc) is 2.88. The third kappa shape index (κ3) is 3.69. The molecule has 1 unspecified atom stereocenters. The van der Waals surface area contributed by atoms with Crippen LogP contribution >= 0.6 is 15.9 Å². The van der Waals surface area contributed by atoms with Crippen molar-refractivity contribution in [3.8, 4) is 0 Å². The molecule has 3 aromatic rings. The number of anilines is 1. The molecule has 2 heterocycles. The summed E-state index contributed by atoms with van der Waals surface area (Å²) in [6.07, 6.45) is -0.260. The highest BCUT2D eigenvalue weighted by Crippen LogP contribution is 2.29. The van der Waals surface area contributed by atoms with Gasteiger partial charge >= 0.3 is 6.18 Å². The maximum atomic E-state index is 12.6. The van der Waals surface area contributed by atoms with Gasteiger partial charge in [-0.05, 0) is 53.0 Å². The molecular weight excluding hydrogens is 385 g/mol. The van der Waals surface area contributed by atoms with Gasteiger partial charge in [0, 0.05) is 12.2 Å². The Balaban J connectivity index is 1.68. The van der Waals surface area contributed by atoms with E-state index < -0.39 is 11.7 Å². The van der Waals surface area contributed by atoms with Crippen LogP contribution in [0.2, 0.25) is 0 Å². The summed E-state index contributed by atoms with van der Waals surface area (Å²) in [6.45, 7) is 1.95. The first-order valence-corrected chi connectivity index (χ1v) is 8.05. The fourth-order valence-corrected chi connectivity index (χ4v) is 2.77. The Morgan fingerprint density at radius 1 is 1.21 bits per heavy atom. The summed E-state index contributed by atoms with van der Waals surface area (Å²) in [7, 11) is 0. The molecule has 3 rings (SSSR count).